The first-order valence-corrected chi connectivity index (χ1v) is 7.75. The van der Waals surface area contributed by atoms with Crippen LogP contribution >= 0.6 is 0 Å². The van der Waals surface area contributed by atoms with Crippen LogP contribution in [-0.2, 0) is 4.79 Å². The summed E-state index contributed by atoms with van der Waals surface area (Å²) in [5.74, 6) is 0.193. The van der Waals surface area contributed by atoms with Crippen molar-refractivity contribution in [3.8, 4) is 0 Å². The lowest BCUT2D eigenvalue weighted by molar-refractivity contribution is -0.129. The van der Waals surface area contributed by atoms with Crippen LogP contribution in [0.2, 0.25) is 0 Å². The first-order chi connectivity index (χ1) is 9.05. The van der Waals surface area contributed by atoms with Gasteiger partial charge in [0.05, 0.1) is 5.41 Å². The number of piperidine rings is 1. The fraction of sp³-hybridized carbons (Fsp3) is 0.933. The standard InChI is InChI=1S/C15H29N3O/c1-12(10-13-6-4-5-8-17-13)18-9-7-15(2,11-18)14(19)16-3/h12-13,17H,4-11H2,1-3H3,(H,16,19). The molecule has 3 unspecified atom stereocenters. The molecule has 4 heteroatoms. The molecule has 2 rings (SSSR count). The molecule has 0 spiro atoms. The van der Waals surface area contributed by atoms with Crippen LogP contribution in [0.25, 0.3) is 0 Å². The highest BCUT2D eigenvalue weighted by Crippen LogP contribution is 2.32. The summed E-state index contributed by atoms with van der Waals surface area (Å²) < 4.78 is 0. The number of nitrogens with one attached hydrogen (secondary N) is 2. The first kappa shape index (κ1) is 14.8. The Bertz CT molecular complexity index is 315. The molecule has 3 atom stereocenters. The van der Waals surface area contributed by atoms with Crippen molar-refractivity contribution in [2.24, 2.45) is 5.41 Å². The van der Waals surface area contributed by atoms with Gasteiger partial charge in [0.15, 0.2) is 0 Å². The average Bonchev–Trinajstić information content (AvgIpc) is 2.83. The van der Waals surface area contributed by atoms with Gasteiger partial charge in [0, 0.05) is 25.7 Å². The Kier molecular flexibility index (Phi) is 4.85. The molecule has 19 heavy (non-hydrogen) atoms. The van der Waals surface area contributed by atoms with Gasteiger partial charge in [-0.05, 0) is 52.6 Å². The summed E-state index contributed by atoms with van der Waals surface area (Å²) in [5, 5.41) is 6.43. The van der Waals surface area contributed by atoms with E-state index in [1.165, 1.54) is 32.2 Å². The summed E-state index contributed by atoms with van der Waals surface area (Å²) in [4.78, 5) is 14.4. The minimum Gasteiger partial charge on any atom is -0.359 e. The van der Waals surface area contributed by atoms with Crippen molar-refractivity contribution >= 4 is 5.91 Å². The summed E-state index contributed by atoms with van der Waals surface area (Å²) in [5.41, 5.74) is -0.191. The second-order valence-corrected chi connectivity index (χ2v) is 6.59. The smallest absolute Gasteiger partial charge is 0.227 e. The number of hydrogen-bond acceptors (Lipinski definition) is 3. The van der Waals surface area contributed by atoms with Crippen molar-refractivity contribution in [2.45, 2.75) is 58.0 Å². The van der Waals surface area contributed by atoms with Crippen LogP contribution in [0.15, 0.2) is 0 Å². The number of hydrogen-bond donors (Lipinski definition) is 2. The third kappa shape index (κ3) is 3.48. The molecule has 2 saturated heterocycles. The second kappa shape index (κ2) is 6.23. The van der Waals surface area contributed by atoms with Crippen molar-refractivity contribution in [3.63, 3.8) is 0 Å². The van der Waals surface area contributed by atoms with Crippen LogP contribution in [-0.4, -0.2) is 49.6 Å². The molecule has 110 valence electrons. The number of nitrogens with zero attached hydrogens (tertiary/aromatic N) is 1. The maximum Gasteiger partial charge on any atom is 0.227 e. The third-order valence-electron chi connectivity index (χ3n) is 4.94. The van der Waals surface area contributed by atoms with E-state index >= 15 is 0 Å². The molecule has 2 aliphatic heterocycles. The monoisotopic (exact) mass is 267 g/mol. The lowest BCUT2D eigenvalue weighted by Gasteiger charge is -2.32. The summed E-state index contributed by atoms with van der Waals surface area (Å²) in [6.45, 7) is 7.54. The molecular formula is C15H29N3O. The summed E-state index contributed by atoms with van der Waals surface area (Å²) in [7, 11) is 1.74. The fourth-order valence-electron chi connectivity index (χ4n) is 3.55. The van der Waals surface area contributed by atoms with Crippen molar-refractivity contribution in [1.82, 2.24) is 15.5 Å². The molecule has 1 amide bonds. The number of likely N-dealkylation sites (tertiary alicyclic amines) is 1. The Balaban J connectivity index is 1.84. The number of carbonyl (C=O) groups is 1. The Labute approximate surface area is 117 Å². The van der Waals surface area contributed by atoms with Gasteiger partial charge in [-0.1, -0.05) is 6.42 Å². The molecule has 0 aliphatic carbocycles. The third-order valence-corrected chi connectivity index (χ3v) is 4.94. The number of rotatable bonds is 4. The molecule has 2 heterocycles. The molecule has 0 aromatic heterocycles. The quantitative estimate of drug-likeness (QED) is 0.808. The SMILES string of the molecule is CNC(=O)C1(C)CCN(C(C)CC2CCCCN2)C1. The highest BCUT2D eigenvalue weighted by molar-refractivity contribution is 5.82. The van der Waals surface area contributed by atoms with Gasteiger partial charge in [0.2, 0.25) is 5.91 Å². The normalized spacial score (nSPS) is 34.2. The van der Waals surface area contributed by atoms with Gasteiger partial charge < -0.3 is 10.6 Å². The van der Waals surface area contributed by atoms with E-state index in [1.807, 2.05) is 0 Å². The molecule has 2 fully saturated rings. The maximum absolute atomic E-state index is 11.9. The molecule has 2 aliphatic rings. The lowest BCUT2D eigenvalue weighted by Crippen LogP contribution is -2.43. The van der Waals surface area contributed by atoms with Crippen LogP contribution in [0.5, 0.6) is 0 Å². The van der Waals surface area contributed by atoms with Crippen molar-refractivity contribution in [3.05, 3.63) is 0 Å². The lowest BCUT2D eigenvalue weighted by atomic mass is 9.89. The second-order valence-electron chi connectivity index (χ2n) is 6.59. The first-order valence-electron chi connectivity index (χ1n) is 7.75. The molecule has 0 saturated carbocycles. The highest BCUT2D eigenvalue weighted by Gasteiger charge is 2.41. The van der Waals surface area contributed by atoms with Gasteiger partial charge in [-0.15, -0.1) is 0 Å². The minimum absolute atomic E-state index is 0.191. The Morgan fingerprint density at radius 2 is 2.32 bits per heavy atom. The van der Waals surface area contributed by atoms with Gasteiger partial charge in [-0.25, -0.2) is 0 Å². The summed E-state index contributed by atoms with van der Waals surface area (Å²) in [6, 6.07) is 1.25. The summed E-state index contributed by atoms with van der Waals surface area (Å²) >= 11 is 0. The number of carbonyl (C=O) groups excluding carboxylic acids is 1. The Hall–Kier alpha value is -0.610. The van der Waals surface area contributed by atoms with Gasteiger partial charge >= 0.3 is 0 Å². The van der Waals surface area contributed by atoms with E-state index < -0.39 is 0 Å². The zero-order valence-corrected chi connectivity index (χ0v) is 12.7. The van der Waals surface area contributed by atoms with Gasteiger partial charge in [0.1, 0.15) is 0 Å². The maximum atomic E-state index is 11.9. The molecule has 0 aromatic carbocycles. The highest BCUT2D eigenvalue weighted by atomic mass is 16.2. The zero-order valence-electron chi connectivity index (χ0n) is 12.7. The van der Waals surface area contributed by atoms with E-state index in [1.54, 1.807) is 7.05 Å². The Morgan fingerprint density at radius 1 is 1.53 bits per heavy atom. The summed E-state index contributed by atoms with van der Waals surface area (Å²) in [6.07, 6.45) is 6.19. The zero-order chi connectivity index (χ0) is 13.9. The van der Waals surface area contributed by atoms with Crippen LogP contribution in [0, 0.1) is 5.41 Å². The average molecular weight is 267 g/mol. The van der Waals surface area contributed by atoms with Crippen LogP contribution < -0.4 is 10.6 Å². The molecule has 0 bridgehead atoms. The minimum atomic E-state index is -0.191. The molecule has 0 aromatic rings. The van der Waals surface area contributed by atoms with Crippen molar-refractivity contribution < 1.29 is 4.79 Å². The predicted molar refractivity (Wildman–Crippen MR) is 78.1 cm³/mol. The van der Waals surface area contributed by atoms with Gasteiger partial charge in [0.25, 0.3) is 0 Å². The molecule has 2 N–H and O–H groups in total. The van der Waals surface area contributed by atoms with Crippen LogP contribution in [0.1, 0.15) is 46.0 Å². The topological polar surface area (TPSA) is 44.4 Å². The van der Waals surface area contributed by atoms with Crippen molar-refractivity contribution in [2.75, 3.05) is 26.7 Å². The Morgan fingerprint density at radius 3 is 2.95 bits per heavy atom. The van der Waals surface area contributed by atoms with Crippen LogP contribution in [0.4, 0.5) is 0 Å². The largest absolute Gasteiger partial charge is 0.359 e. The molecule has 0 radical (unpaired) electrons. The van der Waals surface area contributed by atoms with Gasteiger partial charge in [-0.2, -0.15) is 0 Å². The number of amides is 1. The van der Waals surface area contributed by atoms with E-state index in [0.717, 1.165) is 19.5 Å². The van der Waals surface area contributed by atoms with Crippen LogP contribution in [0.3, 0.4) is 0 Å². The van der Waals surface area contributed by atoms with E-state index in [4.69, 9.17) is 0 Å². The predicted octanol–water partition coefficient (Wildman–Crippen LogP) is 1.37. The molecule has 4 nitrogen and oxygen atoms in total. The molecular weight excluding hydrogens is 238 g/mol. The van der Waals surface area contributed by atoms with E-state index in [9.17, 15) is 4.79 Å². The fourth-order valence-corrected chi connectivity index (χ4v) is 3.55. The van der Waals surface area contributed by atoms with E-state index in [-0.39, 0.29) is 11.3 Å². The van der Waals surface area contributed by atoms with Crippen molar-refractivity contribution in [1.29, 1.82) is 0 Å². The van der Waals surface area contributed by atoms with E-state index in [2.05, 4.69) is 29.4 Å². The van der Waals surface area contributed by atoms with E-state index in [0.29, 0.717) is 12.1 Å². The van der Waals surface area contributed by atoms with Gasteiger partial charge in [-0.3, -0.25) is 9.69 Å².